The number of carbonyl (C=O) groups excluding carboxylic acids is 1. The minimum atomic E-state index is -3.50. The largest absolute Gasteiger partial charge is 0.310 e. The van der Waals surface area contributed by atoms with Crippen LogP contribution in [0.5, 0.6) is 0 Å². The summed E-state index contributed by atoms with van der Waals surface area (Å²) in [6.07, 6.45) is 2.82. The van der Waals surface area contributed by atoms with Crippen LogP contribution in [0.15, 0.2) is 31.0 Å². The third-order valence-electron chi connectivity index (χ3n) is 2.42. The van der Waals surface area contributed by atoms with Crippen LogP contribution < -0.4 is 5.32 Å². The summed E-state index contributed by atoms with van der Waals surface area (Å²) in [5.41, 5.74) is 0.932. The van der Waals surface area contributed by atoms with Crippen LogP contribution in [-0.2, 0) is 14.6 Å². The van der Waals surface area contributed by atoms with Crippen LogP contribution in [0.2, 0.25) is 0 Å². The lowest BCUT2D eigenvalue weighted by Crippen LogP contribution is -2.34. The van der Waals surface area contributed by atoms with Gasteiger partial charge in [-0.3, -0.25) is 4.79 Å². The van der Waals surface area contributed by atoms with Crippen LogP contribution in [-0.4, -0.2) is 30.3 Å². The van der Waals surface area contributed by atoms with Crippen molar-refractivity contribution in [1.82, 2.24) is 4.98 Å². The van der Waals surface area contributed by atoms with Crippen molar-refractivity contribution in [2.24, 2.45) is 0 Å². The summed E-state index contributed by atoms with van der Waals surface area (Å²) in [6, 6.07) is 3.46. The van der Waals surface area contributed by atoms with Gasteiger partial charge in [-0.1, -0.05) is 6.08 Å². The van der Waals surface area contributed by atoms with Gasteiger partial charge in [-0.25, -0.2) is 13.4 Å². The molecule has 0 aliphatic heterocycles. The quantitative estimate of drug-likeness (QED) is 0.817. The minimum absolute atomic E-state index is 0.219. The number of hydrogen-bond donors (Lipinski definition) is 1. The molecule has 1 aromatic heterocycles. The second-order valence-electron chi connectivity index (χ2n) is 3.97. The topological polar surface area (TPSA) is 76.1 Å². The van der Waals surface area contributed by atoms with Gasteiger partial charge in [0.2, 0.25) is 5.91 Å². The number of aromatic nitrogens is 1. The second kappa shape index (κ2) is 5.77. The van der Waals surface area contributed by atoms with Gasteiger partial charge in [0.25, 0.3) is 0 Å². The zero-order chi connectivity index (χ0) is 13.8. The second-order valence-corrected chi connectivity index (χ2v) is 6.33. The van der Waals surface area contributed by atoms with Gasteiger partial charge >= 0.3 is 0 Å². The van der Waals surface area contributed by atoms with Crippen LogP contribution in [0.3, 0.4) is 0 Å². The van der Waals surface area contributed by atoms with E-state index in [1.54, 1.807) is 18.3 Å². The van der Waals surface area contributed by atoms with Crippen LogP contribution in [0.25, 0.3) is 0 Å². The molecular weight excluding hydrogens is 252 g/mol. The Morgan fingerprint density at radius 2 is 2.28 bits per heavy atom. The normalized spacial score (nSPS) is 12.8. The summed E-state index contributed by atoms with van der Waals surface area (Å²) in [7, 11) is -3.50. The number of rotatable bonds is 5. The highest BCUT2D eigenvalue weighted by Crippen LogP contribution is 2.09. The Morgan fingerprint density at radius 3 is 2.83 bits per heavy atom. The van der Waals surface area contributed by atoms with Crippen molar-refractivity contribution in [3.8, 4) is 0 Å². The molecule has 1 N–H and O–H groups in total. The summed E-state index contributed by atoms with van der Waals surface area (Å²) in [5.74, 6) is -0.460. The van der Waals surface area contributed by atoms with Crippen molar-refractivity contribution in [1.29, 1.82) is 0 Å². The number of amides is 1. The summed E-state index contributed by atoms with van der Waals surface area (Å²) >= 11 is 0. The van der Waals surface area contributed by atoms with Crippen LogP contribution in [0.4, 0.5) is 5.82 Å². The zero-order valence-electron chi connectivity index (χ0n) is 10.4. The van der Waals surface area contributed by atoms with Crippen LogP contribution in [0.1, 0.15) is 12.5 Å². The van der Waals surface area contributed by atoms with Gasteiger partial charge in [0.15, 0.2) is 9.84 Å². The van der Waals surface area contributed by atoms with Crippen LogP contribution >= 0.6 is 0 Å². The maximum absolute atomic E-state index is 11.8. The minimum Gasteiger partial charge on any atom is -0.310 e. The SMILES string of the molecule is C=CCS(=O)(=O)C(C)C(=O)Nc1cc(C)ccn1. The van der Waals surface area contributed by atoms with E-state index in [1.807, 2.05) is 6.92 Å². The molecule has 1 amide bonds. The zero-order valence-corrected chi connectivity index (χ0v) is 11.2. The summed E-state index contributed by atoms with van der Waals surface area (Å²) in [6.45, 7) is 6.57. The first-order valence-electron chi connectivity index (χ1n) is 5.43. The fraction of sp³-hybridized carbons (Fsp3) is 0.333. The smallest absolute Gasteiger partial charge is 0.243 e. The highest BCUT2D eigenvalue weighted by atomic mass is 32.2. The van der Waals surface area contributed by atoms with Gasteiger partial charge in [0, 0.05) is 6.20 Å². The number of aryl methyl sites for hydroxylation is 1. The van der Waals surface area contributed by atoms with Crippen molar-refractivity contribution >= 4 is 21.6 Å². The maximum atomic E-state index is 11.8. The van der Waals surface area contributed by atoms with E-state index in [2.05, 4.69) is 16.9 Å². The Labute approximate surface area is 107 Å². The van der Waals surface area contributed by atoms with Gasteiger partial charge in [0.05, 0.1) is 5.75 Å². The van der Waals surface area contributed by atoms with Crippen molar-refractivity contribution in [3.05, 3.63) is 36.5 Å². The summed E-state index contributed by atoms with van der Waals surface area (Å²) in [5, 5.41) is 1.36. The predicted molar refractivity (Wildman–Crippen MR) is 71.0 cm³/mol. The molecule has 0 aliphatic rings. The molecule has 6 heteroatoms. The standard InChI is InChI=1S/C12H16N2O3S/c1-4-7-18(16,17)10(3)12(15)14-11-8-9(2)5-6-13-11/h4-6,8,10H,1,7H2,2-3H3,(H,13,14,15). The van der Waals surface area contributed by atoms with E-state index < -0.39 is 21.0 Å². The van der Waals surface area contributed by atoms with Gasteiger partial charge in [-0.15, -0.1) is 6.58 Å². The molecule has 0 bridgehead atoms. The molecule has 1 heterocycles. The van der Waals surface area contributed by atoms with Crippen LogP contribution in [0, 0.1) is 6.92 Å². The Hall–Kier alpha value is -1.69. The number of pyridine rings is 1. The van der Waals surface area contributed by atoms with Crippen molar-refractivity contribution in [2.75, 3.05) is 11.1 Å². The Kier molecular flexibility index (Phi) is 4.61. The lowest BCUT2D eigenvalue weighted by molar-refractivity contribution is -0.115. The lowest BCUT2D eigenvalue weighted by Gasteiger charge is -2.11. The molecule has 1 rings (SSSR count). The van der Waals surface area contributed by atoms with Gasteiger partial charge < -0.3 is 5.32 Å². The third kappa shape index (κ3) is 3.66. The van der Waals surface area contributed by atoms with E-state index in [-0.39, 0.29) is 5.75 Å². The number of carbonyl (C=O) groups is 1. The fourth-order valence-electron chi connectivity index (χ4n) is 1.30. The molecular formula is C12H16N2O3S. The average molecular weight is 268 g/mol. The van der Waals surface area contributed by atoms with Crippen molar-refractivity contribution in [3.63, 3.8) is 0 Å². The molecule has 0 radical (unpaired) electrons. The Balaban J connectivity index is 2.80. The third-order valence-corrected chi connectivity index (χ3v) is 4.42. The Morgan fingerprint density at radius 1 is 1.61 bits per heavy atom. The van der Waals surface area contributed by atoms with Gasteiger partial charge in [0.1, 0.15) is 11.1 Å². The molecule has 0 saturated carbocycles. The first kappa shape index (κ1) is 14.4. The van der Waals surface area contributed by atoms with Gasteiger partial charge in [-0.05, 0) is 31.5 Å². The van der Waals surface area contributed by atoms with E-state index >= 15 is 0 Å². The molecule has 5 nitrogen and oxygen atoms in total. The van der Waals surface area contributed by atoms with E-state index in [0.29, 0.717) is 5.82 Å². The predicted octanol–water partition coefficient (Wildman–Crippen LogP) is 1.32. The number of anilines is 1. The van der Waals surface area contributed by atoms with E-state index in [9.17, 15) is 13.2 Å². The molecule has 18 heavy (non-hydrogen) atoms. The monoisotopic (exact) mass is 268 g/mol. The molecule has 98 valence electrons. The molecule has 1 unspecified atom stereocenters. The maximum Gasteiger partial charge on any atom is 0.243 e. The van der Waals surface area contributed by atoms with Gasteiger partial charge in [-0.2, -0.15) is 0 Å². The summed E-state index contributed by atoms with van der Waals surface area (Å²) in [4.78, 5) is 15.7. The Bertz CT molecular complexity index is 552. The first-order valence-corrected chi connectivity index (χ1v) is 7.14. The fourth-order valence-corrected chi connectivity index (χ4v) is 2.31. The van der Waals surface area contributed by atoms with E-state index in [4.69, 9.17) is 0 Å². The van der Waals surface area contributed by atoms with Crippen molar-refractivity contribution in [2.45, 2.75) is 19.1 Å². The number of nitrogens with zero attached hydrogens (tertiary/aromatic N) is 1. The summed E-state index contributed by atoms with van der Waals surface area (Å²) < 4.78 is 23.4. The number of nitrogens with one attached hydrogen (secondary N) is 1. The number of hydrogen-bond acceptors (Lipinski definition) is 4. The molecule has 0 saturated heterocycles. The van der Waals surface area contributed by atoms with E-state index in [1.165, 1.54) is 13.0 Å². The first-order chi connectivity index (χ1) is 8.36. The molecule has 1 atom stereocenters. The highest BCUT2D eigenvalue weighted by molar-refractivity contribution is 7.92. The molecule has 0 spiro atoms. The highest BCUT2D eigenvalue weighted by Gasteiger charge is 2.26. The van der Waals surface area contributed by atoms with E-state index in [0.717, 1.165) is 5.56 Å². The van der Waals surface area contributed by atoms with Crippen molar-refractivity contribution < 1.29 is 13.2 Å². The molecule has 0 fully saturated rings. The average Bonchev–Trinajstić information content (AvgIpc) is 2.27. The lowest BCUT2D eigenvalue weighted by atomic mass is 10.3. The molecule has 0 aliphatic carbocycles. The number of sulfone groups is 1. The molecule has 1 aromatic rings. The molecule has 0 aromatic carbocycles.